The molecule has 3 N–H and O–H groups in total. The van der Waals surface area contributed by atoms with E-state index in [4.69, 9.17) is 5.73 Å². The van der Waals surface area contributed by atoms with Gasteiger partial charge in [0.05, 0.1) is 0 Å². The van der Waals surface area contributed by atoms with Gasteiger partial charge in [-0.25, -0.2) is 4.68 Å². The zero-order chi connectivity index (χ0) is 12.1. The Balaban J connectivity index is 0.000000325. The van der Waals surface area contributed by atoms with Gasteiger partial charge in [0, 0.05) is 6.54 Å². The van der Waals surface area contributed by atoms with Crippen LogP contribution in [0.1, 0.15) is 32.6 Å². The van der Waals surface area contributed by atoms with Crippen molar-refractivity contribution in [1.82, 2.24) is 25.5 Å². The lowest BCUT2D eigenvalue weighted by Crippen LogP contribution is -2.06. The summed E-state index contributed by atoms with van der Waals surface area (Å²) in [5.41, 5.74) is 5.31. The van der Waals surface area contributed by atoms with Crippen molar-refractivity contribution in [2.45, 2.75) is 39.2 Å². The number of nitrogens with one attached hydrogen (secondary N) is 1. The highest BCUT2D eigenvalue weighted by Gasteiger charge is 1.89. The molecular formula is C10H24N6. The molecule has 0 aliphatic rings. The molecule has 0 radical (unpaired) electrons. The zero-order valence-electron chi connectivity index (χ0n) is 10.4. The highest BCUT2D eigenvalue weighted by atomic mass is 15.5. The average molecular weight is 228 g/mol. The third-order valence-corrected chi connectivity index (χ3v) is 2.01. The van der Waals surface area contributed by atoms with Crippen LogP contribution in [0.15, 0.2) is 6.33 Å². The van der Waals surface area contributed by atoms with Crippen molar-refractivity contribution in [2.75, 3.05) is 20.1 Å². The minimum absolute atomic E-state index is 0.738. The minimum atomic E-state index is 0.738. The first-order valence-electron chi connectivity index (χ1n) is 5.90. The predicted molar refractivity (Wildman–Crippen MR) is 64.9 cm³/mol. The molecule has 0 saturated heterocycles. The second-order valence-corrected chi connectivity index (χ2v) is 3.53. The maximum Gasteiger partial charge on any atom is 0.138 e. The summed E-state index contributed by atoms with van der Waals surface area (Å²) in [5, 5.41) is 13.8. The maximum atomic E-state index is 5.31. The lowest BCUT2D eigenvalue weighted by Gasteiger charge is -1.95. The van der Waals surface area contributed by atoms with Crippen LogP contribution in [0.25, 0.3) is 0 Å². The fourth-order valence-electron chi connectivity index (χ4n) is 1.05. The molecule has 0 aromatic carbocycles. The van der Waals surface area contributed by atoms with E-state index in [1.165, 1.54) is 12.8 Å². The second-order valence-electron chi connectivity index (χ2n) is 3.53. The predicted octanol–water partition coefficient (Wildman–Crippen LogP) is 0.418. The number of unbranched alkanes of at least 4 members (excludes halogenated alkanes) is 2. The summed E-state index contributed by atoms with van der Waals surface area (Å²) < 4.78 is 1.70. The average Bonchev–Trinajstić information content (AvgIpc) is 2.81. The van der Waals surface area contributed by atoms with E-state index in [1.54, 1.807) is 11.0 Å². The van der Waals surface area contributed by atoms with Crippen LogP contribution in [0.2, 0.25) is 0 Å². The van der Waals surface area contributed by atoms with Crippen LogP contribution in [0.3, 0.4) is 0 Å². The van der Waals surface area contributed by atoms with Gasteiger partial charge in [0.1, 0.15) is 6.33 Å². The van der Waals surface area contributed by atoms with E-state index < -0.39 is 0 Å². The van der Waals surface area contributed by atoms with E-state index in [2.05, 4.69) is 27.8 Å². The van der Waals surface area contributed by atoms with Gasteiger partial charge in [-0.15, -0.1) is 5.10 Å². The van der Waals surface area contributed by atoms with Crippen LogP contribution in [0.5, 0.6) is 0 Å². The van der Waals surface area contributed by atoms with Crippen molar-refractivity contribution < 1.29 is 0 Å². The first-order chi connectivity index (χ1) is 7.85. The van der Waals surface area contributed by atoms with Crippen molar-refractivity contribution in [3.63, 3.8) is 0 Å². The van der Waals surface area contributed by atoms with Crippen LogP contribution >= 0.6 is 0 Å². The highest BCUT2D eigenvalue weighted by molar-refractivity contribution is 4.47. The minimum Gasteiger partial charge on any atom is -0.330 e. The number of nitrogens with two attached hydrogens (primary N) is 1. The molecule has 0 aliphatic heterocycles. The lowest BCUT2D eigenvalue weighted by atomic mass is 10.3. The first-order valence-corrected chi connectivity index (χ1v) is 5.90. The number of rotatable bonds is 7. The number of hydrogen-bond donors (Lipinski definition) is 2. The third kappa shape index (κ3) is 9.54. The van der Waals surface area contributed by atoms with Gasteiger partial charge < -0.3 is 11.1 Å². The Labute approximate surface area is 97.6 Å². The summed E-state index contributed by atoms with van der Waals surface area (Å²) in [7, 11) is 1.98. The summed E-state index contributed by atoms with van der Waals surface area (Å²) in [6.07, 6.45) is 6.27. The number of aromatic nitrogens is 4. The van der Waals surface area contributed by atoms with Crippen molar-refractivity contribution in [3.05, 3.63) is 6.33 Å². The van der Waals surface area contributed by atoms with Gasteiger partial charge in [-0.05, 0) is 49.8 Å². The van der Waals surface area contributed by atoms with E-state index in [0.29, 0.717) is 0 Å². The molecule has 6 nitrogen and oxygen atoms in total. The van der Waals surface area contributed by atoms with Gasteiger partial charge in [-0.3, -0.25) is 0 Å². The van der Waals surface area contributed by atoms with Crippen molar-refractivity contribution >= 4 is 0 Å². The Bertz CT molecular complexity index is 207. The van der Waals surface area contributed by atoms with Crippen LogP contribution in [0.4, 0.5) is 0 Å². The molecule has 94 valence electrons. The molecule has 0 atom stereocenters. The standard InChI is InChI=1S/C5H11N5.C5H13N/c6-3-1-2-4-10-5-7-8-9-10;1-3-4-5-6-2/h5H,1-4,6H2;6H,3-5H2,1-2H3. The van der Waals surface area contributed by atoms with Gasteiger partial charge in [0.2, 0.25) is 0 Å². The van der Waals surface area contributed by atoms with Crippen LogP contribution < -0.4 is 11.1 Å². The Morgan fingerprint density at radius 2 is 2.12 bits per heavy atom. The molecule has 1 heterocycles. The summed E-state index contributed by atoms with van der Waals surface area (Å²) in [5.74, 6) is 0. The van der Waals surface area contributed by atoms with Gasteiger partial charge in [-0.1, -0.05) is 13.3 Å². The molecule has 0 bridgehead atoms. The molecule has 0 fully saturated rings. The number of nitrogens with zero attached hydrogens (tertiary/aromatic N) is 4. The molecule has 1 rings (SSSR count). The molecule has 1 aromatic heterocycles. The number of hydrogen-bond acceptors (Lipinski definition) is 5. The molecule has 0 spiro atoms. The van der Waals surface area contributed by atoms with E-state index in [0.717, 1.165) is 32.5 Å². The fourth-order valence-corrected chi connectivity index (χ4v) is 1.05. The van der Waals surface area contributed by atoms with Crippen LogP contribution in [0, 0.1) is 0 Å². The SMILES string of the molecule is CCCCNC.NCCCCn1cnnn1. The van der Waals surface area contributed by atoms with Crippen LogP contribution in [-0.2, 0) is 6.54 Å². The van der Waals surface area contributed by atoms with Crippen molar-refractivity contribution in [3.8, 4) is 0 Å². The monoisotopic (exact) mass is 228 g/mol. The molecule has 0 aliphatic carbocycles. The van der Waals surface area contributed by atoms with Crippen molar-refractivity contribution in [2.24, 2.45) is 5.73 Å². The Kier molecular flexibility index (Phi) is 11.3. The largest absolute Gasteiger partial charge is 0.330 e. The molecule has 0 unspecified atom stereocenters. The molecular weight excluding hydrogens is 204 g/mol. The van der Waals surface area contributed by atoms with Gasteiger partial charge in [0.25, 0.3) is 0 Å². The Morgan fingerprint density at radius 1 is 1.31 bits per heavy atom. The van der Waals surface area contributed by atoms with Gasteiger partial charge >= 0.3 is 0 Å². The van der Waals surface area contributed by atoms with E-state index >= 15 is 0 Å². The third-order valence-electron chi connectivity index (χ3n) is 2.01. The maximum absolute atomic E-state index is 5.31. The molecule has 1 aromatic rings. The molecule has 0 amide bonds. The summed E-state index contributed by atoms with van der Waals surface area (Å²) >= 11 is 0. The molecule has 6 heteroatoms. The van der Waals surface area contributed by atoms with Crippen LogP contribution in [-0.4, -0.2) is 40.3 Å². The Hall–Kier alpha value is -1.01. The summed E-state index contributed by atoms with van der Waals surface area (Å²) in [4.78, 5) is 0. The highest BCUT2D eigenvalue weighted by Crippen LogP contribution is 1.88. The summed E-state index contributed by atoms with van der Waals surface area (Å²) in [6, 6.07) is 0. The number of aryl methyl sites for hydroxylation is 1. The fraction of sp³-hybridized carbons (Fsp3) is 0.900. The molecule has 0 saturated carbocycles. The Morgan fingerprint density at radius 3 is 2.56 bits per heavy atom. The lowest BCUT2D eigenvalue weighted by molar-refractivity contribution is 0.544. The van der Waals surface area contributed by atoms with Gasteiger partial charge in [0.15, 0.2) is 0 Å². The second kappa shape index (κ2) is 12.1. The first kappa shape index (κ1) is 15.0. The van der Waals surface area contributed by atoms with E-state index in [-0.39, 0.29) is 0 Å². The normalized spacial score (nSPS) is 9.69. The zero-order valence-corrected chi connectivity index (χ0v) is 10.4. The van der Waals surface area contributed by atoms with Crippen molar-refractivity contribution in [1.29, 1.82) is 0 Å². The topological polar surface area (TPSA) is 81.6 Å². The quantitative estimate of drug-likeness (QED) is 0.661. The van der Waals surface area contributed by atoms with E-state index in [9.17, 15) is 0 Å². The number of tetrazole rings is 1. The van der Waals surface area contributed by atoms with E-state index in [1.807, 2.05) is 7.05 Å². The molecule has 16 heavy (non-hydrogen) atoms. The smallest absolute Gasteiger partial charge is 0.138 e. The summed E-state index contributed by atoms with van der Waals surface area (Å²) in [6.45, 7) is 4.96. The van der Waals surface area contributed by atoms with Gasteiger partial charge in [-0.2, -0.15) is 0 Å².